The molecule has 0 aromatic heterocycles. The zero-order valence-electron chi connectivity index (χ0n) is 9.83. The van der Waals surface area contributed by atoms with E-state index in [1.165, 1.54) is 19.3 Å². The fraction of sp³-hybridized carbons (Fsp3) is 0.909. The number of hydrogen-bond donors (Lipinski definition) is 2. The van der Waals surface area contributed by atoms with Gasteiger partial charge in [0.1, 0.15) is 0 Å². The van der Waals surface area contributed by atoms with E-state index < -0.39 is 11.9 Å². The molecule has 1 atom stereocenters. The van der Waals surface area contributed by atoms with Gasteiger partial charge in [-0.1, -0.05) is 13.8 Å². The summed E-state index contributed by atoms with van der Waals surface area (Å²) in [7, 11) is 0. The van der Waals surface area contributed by atoms with E-state index in [9.17, 15) is 4.79 Å². The minimum atomic E-state index is -0.522. The maximum atomic E-state index is 10.9. The Kier molecular flexibility index (Phi) is 4.11. The Balaban J connectivity index is 2.41. The maximum absolute atomic E-state index is 10.9. The van der Waals surface area contributed by atoms with Crippen LogP contribution in [0.5, 0.6) is 0 Å². The van der Waals surface area contributed by atoms with E-state index in [0.717, 1.165) is 13.1 Å². The van der Waals surface area contributed by atoms with E-state index in [0.29, 0.717) is 12.0 Å². The van der Waals surface area contributed by atoms with Gasteiger partial charge in [-0.25, -0.2) is 0 Å². The highest BCUT2D eigenvalue weighted by atomic mass is 16.1. The predicted molar refractivity (Wildman–Crippen MR) is 61.2 cm³/mol. The van der Waals surface area contributed by atoms with E-state index in [4.69, 9.17) is 11.5 Å². The minimum absolute atomic E-state index is 0.404. The van der Waals surface area contributed by atoms with Gasteiger partial charge in [0.15, 0.2) is 0 Å². The number of rotatable bonds is 3. The molecule has 0 aromatic carbocycles. The summed E-state index contributed by atoms with van der Waals surface area (Å²) in [6, 6.07) is -0.522. The Morgan fingerprint density at radius 2 is 2.07 bits per heavy atom. The molecule has 1 unspecified atom stereocenters. The molecule has 4 nitrogen and oxygen atoms in total. The third-order valence-corrected chi connectivity index (χ3v) is 3.25. The third-order valence-electron chi connectivity index (χ3n) is 3.25. The van der Waals surface area contributed by atoms with Crippen LogP contribution in [-0.2, 0) is 4.79 Å². The molecule has 0 saturated carbocycles. The second-order valence-corrected chi connectivity index (χ2v) is 5.33. The molecule has 1 saturated heterocycles. The largest absolute Gasteiger partial charge is 0.368 e. The summed E-state index contributed by atoms with van der Waals surface area (Å²) in [4.78, 5) is 13.1. The van der Waals surface area contributed by atoms with Gasteiger partial charge < -0.3 is 16.4 Å². The Morgan fingerprint density at radius 1 is 1.40 bits per heavy atom. The predicted octanol–water partition coefficient (Wildman–Crippen LogP) is 0.311. The lowest BCUT2D eigenvalue weighted by molar-refractivity contribution is -0.119. The van der Waals surface area contributed by atoms with Gasteiger partial charge in [-0.3, -0.25) is 4.79 Å². The summed E-state index contributed by atoms with van der Waals surface area (Å²) in [5, 5.41) is 0. The second-order valence-electron chi connectivity index (χ2n) is 5.33. The summed E-state index contributed by atoms with van der Waals surface area (Å²) in [5.41, 5.74) is 11.2. The number of nitrogens with two attached hydrogens (primary N) is 2. The SMILES string of the molecule is CC1(C)CCCN(CC(N)C(N)=O)CC1. The topological polar surface area (TPSA) is 72.3 Å². The molecule has 1 heterocycles. The van der Waals surface area contributed by atoms with Crippen molar-refractivity contribution in [3.63, 3.8) is 0 Å². The molecule has 15 heavy (non-hydrogen) atoms. The summed E-state index contributed by atoms with van der Waals surface area (Å²) >= 11 is 0. The molecule has 0 aromatic rings. The van der Waals surface area contributed by atoms with Crippen LogP contribution in [0.1, 0.15) is 33.1 Å². The first-order valence-corrected chi connectivity index (χ1v) is 5.68. The molecule has 0 radical (unpaired) electrons. The lowest BCUT2D eigenvalue weighted by atomic mass is 9.85. The van der Waals surface area contributed by atoms with Crippen molar-refractivity contribution in [1.82, 2.24) is 4.90 Å². The van der Waals surface area contributed by atoms with Crippen molar-refractivity contribution in [2.45, 2.75) is 39.2 Å². The minimum Gasteiger partial charge on any atom is -0.368 e. The Morgan fingerprint density at radius 3 is 2.67 bits per heavy atom. The van der Waals surface area contributed by atoms with Crippen molar-refractivity contribution in [1.29, 1.82) is 0 Å². The third kappa shape index (κ3) is 4.18. The summed E-state index contributed by atoms with van der Waals surface area (Å²) in [6.45, 7) is 7.25. The van der Waals surface area contributed by atoms with Crippen LogP contribution in [0.4, 0.5) is 0 Å². The lowest BCUT2D eigenvalue weighted by Crippen LogP contribution is -2.46. The zero-order valence-corrected chi connectivity index (χ0v) is 9.83. The monoisotopic (exact) mass is 213 g/mol. The standard InChI is InChI=1S/C11H23N3O/c1-11(2)4-3-6-14(7-5-11)8-9(12)10(13)15/h9H,3-8,12H2,1-2H3,(H2,13,15). The van der Waals surface area contributed by atoms with E-state index in [1.807, 2.05) is 0 Å². The molecule has 0 bridgehead atoms. The van der Waals surface area contributed by atoms with Gasteiger partial charge in [-0.05, 0) is 37.8 Å². The van der Waals surface area contributed by atoms with Crippen molar-refractivity contribution in [3.05, 3.63) is 0 Å². The van der Waals surface area contributed by atoms with Crippen LogP contribution in [0.3, 0.4) is 0 Å². The fourth-order valence-electron chi connectivity index (χ4n) is 2.03. The second kappa shape index (κ2) is 4.94. The first-order valence-electron chi connectivity index (χ1n) is 5.68. The van der Waals surface area contributed by atoms with E-state index in [1.54, 1.807) is 0 Å². The average molecular weight is 213 g/mol. The van der Waals surface area contributed by atoms with Gasteiger partial charge in [-0.15, -0.1) is 0 Å². The lowest BCUT2D eigenvalue weighted by Gasteiger charge is -2.24. The van der Waals surface area contributed by atoms with E-state index >= 15 is 0 Å². The highest BCUT2D eigenvalue weighted by molar-refractivity contribution is 5.79. The van der Waals surface area contributed by atoms with Crippen LogP contribution in [0.15, 0.2) is 0 Å². The molecule has 1 amide bonds. The molecule has 0 spiro atoms. The summed E-state index contributed by atoms with van der Waals surface area (Å²) in [5.74, 6) is -0.404. The van der Waals surface area contributed by atoms with Crippen molar-refractivity contribution >= 4 is 5.91 Å². The van der Waals surface area contributed by atoms with E-state index in [-0.39, 0.29) is 0 Å². The highest BCUT2D eigenvalue weighted by Crippen LogP contribution is 2.29. The first-order chi connectivity index (χ1) is 6.91. The summed E-state index contributed by atoms with van der Waals surface area (Å²) in [6.07, 6.45) is 3.59. The number of carbonyl (C=O) groups excluding carboxylic acids is 1. The molecular formula is C11H23N3O. The number of carbonyl (C=O) groups is 1. The van der Waals surface area contributed by atoms with Crippen LogP contribution in [0, 0.1) is 5.41 Å². The molecule has 88 valence electrons. The molecule has 1 aliphatic heterocycles. The van der Waals surface area contributed by atoms with Gasteiger partial charge in [-0.2, -0.15) is 0 Å². The highest BCUT2D eigenvalue weighted by Gasteiger charge is 2.24. The molecule has 4 heteroatoms. The van der Waals surface area contributed by atoms with Gasteiger partial charge in [0.2, 0.25) is 5.91 Å². The number of hydrogen-bond acceptors (Lipinski definition) is 3. The number of amides is 1. The van der Waals surface area contributed by atoms with Crippen LogP contribution >= 0.6 is 0 Å². The van der Waals surface area contributed by atoms with Crippen molar-refractivity contribution in [2.75, 3.05) is 19.6 Å². The average Bonchev–Trinajstić information content (AvgIpc) is 2.28. The van der Waals surface area contributed by atoms with Crippen molar-refractivity contribution in [3.8, 4) is 0 Å². The summed E-state index contributed by atoms with van der Waals surface area (Å²) < 4.78 is 0. The molecule has 4 N–H and O–H groups in total. The van der Waals surface area contributed by atoms with Crippen molar-refractivity contribution in [2.24, 2.45) is 16.9 Å². The molecule has 1 fully saturated rings. The van der Waals surface area contributed by atoms with Gasteiger partial charge in [0.25, 0.3) is 0 Å². The quantitative estimate of drug-likeness (QED) is 0.708. The van der Waals surface area contributed by atoms with Crippen LogP contribution in [-0.4, -0.2) is 36.5 Å². The number of likely N-dealkylation sites (tertiary alicyclic amines) is 1. The maximum Gasteiger partial charge on any atom is 0.235 e. The Bertz CT molecular complexity index is 228. The van der Waals surface area contributed by atoms with E-state index in [2.05, 4.69) is 18.7 Å². The normalized spacial score (nSPS) is 24.5. The Labute approximate surface area is 92.0 Å². The fourth-order valence-corrected chi connectivity index (χ4v) is 2.03. The van der Waals surface area contributed by atoms with Crippen molar-refractivity contribution < 1.29 is 4.79 Å². The van der Waals surface area contributed by atoms with Crippen LogP contribution in [0.25, 0.3) is 0 Å². The number of primary amides is 1. The molecule has 0 aliphatic carbocycles. The van der Waals surface area contributed by atoms with Crippen LogP contribution < -0.4 is 11.5 Å². The smallest absolute Gasteiger partial charge is 0.235 e. The van der Waals surface area contributed by atoms with Crippen LogP contribution in [0.2, 0.25) is 0 Å². The van der Waals surface area contributed by atoms with Gasteiger partial charge >= 0.3 is 0 Å². The zero-order chi connectivity index (χ0) is 11.5. The molecular weight excluding hydrogens is 190 g/mol. The first kappa shape index (κ1) is 12.5. The molecule has 1 rings (SSSR count). The Hall–Kier alpha value is -0.610. The molecule has 1 aliphatic rings. The van der Waals surface area contributed by atoms with Gasteiger partial charge in [0.05, 0.1) is 6.04 Å². The van der Waals surface area contributed by atoms with Gasteiger partial charge in [0, 0.05) is 6.54 Å². The number of nitrogens with zero attached hydrogens (tertiary/aromatic N) is 1.